The number of carbonyl (C=O) groups is 2. The van der Waals surface area contributed by atoms with E-state index in [1.165, 1.54) is 30.5 Å². The molecule has 8 heteroatoms. The lowest BCUT2D eigenvalue weighted by Gasteiger charge is -2.10. The number of aromatic amines is 1. The second kappa shape index (κ2) is 7.75. The molecule has 26 heavy (non-hydrogen) atoms. The van der Waals surface area contributed by atoms with Gasteiger partial charge in [0, 0.05) is 11.9 Å². The Kier molecular flexibility index (Phi) is 5.23. The standard InChI is InChI=1S/C18H15FN4O2S/c19-13-8-6-12(7-9-13)10-16(24)21-22-17(25)15-11-20-18(26)23(15)14-4-2-1-3-5-14/h1-9,11H,10H2,(H,20,26)(H,21,24)(H,22,25). The average molecular weight is 370 g/mol. The van der Waals surface area contributed by atoms with Gasteiger partial charge in [-0.2, -0.15) is 0 Å². The van der Waals surface area contributed by atoms with Crippen LogP contribution in [0.2, 0.25) is 0 Å². The first-order valence-corrected chi connectivity index (χ1v) is 8.15. The Labute approximate surface area is 153 Å². The SMILES string of the molecule is O=C(Cc1ccc(F)cc1)NNC(=O)c1c[nH]c(=S)n1-c1ccccc1. The molecular weight excluding hydrogens is 355 g/mol. The number of carbonyl (C=O) groups excluding carboxylic acids is 2. The minimum absolute atomic E-state index is 0.0126. The predicted molar refractivity (Wildman–Crippen MR) is 96.7 cm³/mol. The maximum Gasteiger partial charge on any atom is 0.288 e. The number of benzene rings is 2. The second-order valence-corrected chi connectivity index (χ2v) is 5.84. The molecule has 0 unspecified atom stereocenters. The van der Waals surface area contributed by atoms with Gasteiger partial charge in [-0.25, -0.2) is 4.39 Å². The summed E-state index contributed by atoms with van der Waals surface area (Å²) in [5, 5.41) is 0. The van der Waals surface area contributed by atoms with Crippen molar-refractivity contribution in [3.05, 3.63) is 82.6 Å². The zero-order valence-corrected chi connectivity index (χ0v) is 14.3. The number of aromatic nitrogens is 2. The largest absolute Gasteiger partial charge is 0.336 e. The lowest BCUT2D eigenvalue weighted by Crippen LogP contribution is -2.43. The summed E-state index contributed by atoms with van der Waals surface area (Å²) in [6.07, 6.45) is 1.48. The molecule has 0 saturated heterocycles. The van der Waals surface area contributed by atoms with Crippen molar-refractivity contribution in [3.63, 3.8) is 0 Å². The van der Waals surface area contributed by atoms with E-state index in [9.17, 15) is 14.0 Å². The highest BCUT2D eigenvalue weighted by molar-refractivity contribution is 7.71. The molecule has 0 saturated carbocycles. The van der Waals surface area contributed by atoms with Crippen molar-refractivity contribution in [1.29, 1.82) is 0 Å². The van der Waals surface area contributed by atoms with Gasteiger partial charge >= 0.3 is 0 Å². The summed E-state index contributed by atoms with van der Waals surface area (Å²) < 4.78 is 14.8. The van der Waals surface area contributed by atoms with Crippen molar-refractivity contribution in [2.45, 2.75) is 6.42 Å². The van der Waals surface area contributed by atoms with Gasteiger partial charge in [-0.15, -0.1) is 0 Å². The summed E-state index contributed by atoms with van der Waals surface area (Å²) in [7, 11) is 0. The summed E-state index contributed by atoms with van der Waals surface area (Å²) in [6.45, 7) is 0. The highest BCUT2D eigenvalue weighted by atomic mass is 32.1. The Morgan fingerprint density at radius 2 is 1.73 bits per heavy atom. The molecule has 1 heterocycles. The van der Waals surface area contributed by atoms with Crippen LogP contribution in [-0.4, -0.2) is 21.4 Å². The van der Waals surface area contributed by atoms with Crippen LogP contribution in [0.4, 0.5) is 4.39 Å². The van der Waals surface area contributed by atoms with Gasteiger partial charge in [0.15, 0.2) is 4.77 Å². The smallest absolute Gasteiger partial charge is 0.288 e. The van der Waals surface area contributed by atoms with Gasteiger partial charge in [-0.1, -0.05) is 30.3 Å². The maximum atomic E-state index is 12.9. The summed E-state index contributed by atoms with van der Waals surface area (Å²) in [6, 6.07) is 14.7. The normalized spacial score (nSPS) is 10.3. The van der Waals surface area contributed by atoms with E-state index in [-0.39, 0.29) is 17.9 Å². The number of imidazole rings is 1. The zero-order chi connectivity index (χ0) is 18.5. The van der Waals surface area contributed by atoms with E-state index in [4.69, 9.17) is 12.2 Å². The van der Waals surface area contributed by atoms with Gasteiger partial charge < -0.3 is 4.98 Å². The van der Waals surface area contributed by atoms with Gasteiger partial charge in [-0.3, -0.25) is 25.0 Å². The number of nitrogens with zero attached hydrogens (tertiary/aromatic N) is 1. The Morgan fingerprint density at radius 3 is 2.42 bits per heavy atom. The molecule has 0 aliphatic rings. The van der Waals surface area contributed by atoms with Crippen LogP contribution in [0.3, 0.4) is 0 Å². The Balaban J connectivity index is 1.67. The van der Waals surface area contributed by atoms with E-state index in [1.54, 1.807) is 4.57 Å². The molecule has 0 radical (unpaired) electrons. The van der Waals surface area contributed by atoms with E-state index < -0.39 is 11.8 Å². The molecule has 0 atom stereocenters. The molecule has 0 aliphatic heterocycles. The predicted octanol–water partition coefficient (Wildman–Crippen LogP) is 2.68. The van der Waals surface area contributed by atoms with Gasteiger partial charge in [0.2, 0.25) is 5.91 Å². The zero-order valence-electron chi connectivity index (χ0n) is 13.5. The van der Waals surface area contributed by atoms with E-state index >= 15 is 0 Å². The summed E-state index contributed by atoms with van der Waals surface area (Å²) in [5.41, 5.74) is 6.30. The first-order chi connectivity index (χ1) is 12.5. The van der Waals surface area contributed by atoms with Crippen LogP contribution in [0.5, 0.6) is 0 Å². The van der Waals surface area contributed by atoms with Crippen LogP contribution in [0.25, 0.3) is 5.69 Å². The Hall–Kier alpha value is -3.26. The first kappa shape index (κ1) is 17.6. The lowest BCUT2D eigenvalue weighted by molar-refractivity contribution is -0.121. The van der Waals surface area contributed by atoms with Crippen LogP contribution < -0.4 is 10.9 Å². The summed E-state index contributed by atoms with van der Waals surface area (Å²) >= 11 is 5.22. The molecular formula is C18H15FN4O2S. The minimum Gasteiger partial charge on any atom is -0.336 e. The molecule has 132 valence electrons. The quantitative estimate of drug-likeness (QED) is 0.488. The number of H-pyrrole nitrogens is 1. The number of hydrogen-bond acceptors (Lipinski definition) is 3. The van der Waals surface area contributed by atoms with E-state index in [2.05, 4.69) is 15.8 Å². The third-order valence-electron chi connectivity index (χ3n) is 3.62. The van der Waals surface area contributed by atoms with Crippen LogP contribution in [0.1, 0.15) is 16.1 Å². The van der Waals surface area contributed by atoms with Crippen molar-refractivity contribution < 1.29 is 14.0 Å². The van der Waals surface area contributed by atoms with Crippen molar-refractivity contribution in [2.24, 2.45) is 0 Å². The molecule has 1 aromatic heterocycles. The molecule has 3 aromatic rings. The van der Waals surface area contributed by atoms with Crippen molar-refractivity contribution in [2.75, 3.05) is 0 Å². The number of hydrogen-bond donors (Lipinski definition) is 3. The molecule has 0 bridgehead atoms. The van der Waals surface area contributed by atoms with Crippen molar-refractivity contribution in [3.8, 4) is 5.69 Å². The molecule has 3 N–H and O–H groups in total. The monoisotopic (exact) mass is 370 g/mol. The van der Waals surface area contributed by atoms with Crippen molar-refractivity contribution in [1.82, 2.24) is 20.4 Å². The maximum absolute atomic E-state index is 12.9. The fourth-order valence-electron chi connectivity index (χ4n) is 2.39. The van der Waals surface area contributed by atoms with Crippen molar-refractivity contribution >= 4 is 24.0 Å². The molecule has 0 fully saturated rings. The average Bonchev–Trinajstić information content (AvgIpc) is 3.04. The fourth-order valence-corrected chi connectivity index (χ4v) is 2.65. The molecule has 0 aliphatic carbocycles. The van der Waals surface area contributed by atoms with E-state index in [0.29, 0.717) is 10.3 Å². The van der Waals surface area contributed by atoms with Crippen LogP contribution >= 0.6 is 12.2 Å². The van der Waals surface area contributed by atoms with Crippen LogP contribution in [0.15, 0.2) is 60.8 Å². The second-order valence-electron chi connectivity index (χ2n) is 5.46. The van der Waals surface area contributed by atoms with Gasteiger partial charge in [0.1, 0.15) is 11.5 Å². The number of rotatable bonds is 4. The molecule has 3 rings (SSSR count). The number of amides is 2. The summed E-state index contributed by atoms with van der Waals surface area (Å²) in [4.78, 5) is 27.1. The molecule has 6 nitrogen and oxygen atoms in total. The third-order valence-corrected chi connectivity index (χ3v) is 3.92. The Bertz CT molecular complexity index is 980. The van der Waals surface area contributed by atoms with Gasteiger partial charge in [0.25, 0.3) is 5.91 Å². The highest BCUT2D eigenvalue weighted by Crippen LogP contribution is 2.12. The van der Waals surface area contributed by atoms with Crippen LogP contribution in [0, 0.1) is 10.6 Å². The Morgan fingerprint density at radius 1 is 1.04 bits per heavy atom. The number of para-hydroxylation sites is 1. The first-order valence-electron chi connectivity index (χ1n) is 7.74. The number of halogens is 1. The highest BCUT2D eigenvalue weighted by Gasteiger charge is 2.15. The molecule has 0 spiro atoms. The number of hydrazine groups is 1. The van der Waals surface area contributed by atoms with Crippen LogP contribution in [-0.2, 0) is 11.2 Å². The molecule has 2 aromatic carbocycles. The third kappa shape index (κ3) is 4.04. The minimum atomic E-state index is -0.520. The van der Waals surface area contributed by atoms with E-state index in [1.807, 2.05) is 30.3 Å². The lowest BCUT2D eigenvalue weighted by atomic mass is 10.1. The van der Waals surface area contributed by atoms with E-state index in [0.717, 1.165) is 5.69 Å². The van der Waals surface area contributed by atoms with Gasteiger partial charge in [0.05, 0.1) is 6.42 Å². The summed E-state index contributed by atoms with van der Waals surface area (Å²) in [5.74, 6) is -1.32. The fraction of sp³-hybridized carbons (Fsp3) is 0.0556. The number of nitrogens with one attached hydrogen (secondary N) is 3. The topological polar surface area (TPSA) is 78.9 Å². The molecule has 2 amide bonds. The van der Waals surface area contributed by atoms with Gasteiger partial charge in [-0.05, 0) is 42.0 Å².